The predicted octanol–water partition coefficient (Wildman–Crippen LogP) is 4.06. The number of aromatic nitrogens is 1. The minimum atomic E-state index is -0.757. The molecule has 1 N–H and O–H groups in total. The number of unbranched alkanes of at least 4 members (excludes halogenated alkanes) is 2. The van der Waals surface area contributed by atoms with Crippen LogP contribution >= 0.6 is 11.8 Å². The van der Waals surface area contributed by atoms with Crippen LogP contribution in [0.1, 0.15) is 36.8 Å². The number of carboxylic acid groups (broad SMARTS) is 1. The largest absolute Gasteiger partial charge is 0.481 e. The van der Waals surface area contributed by atoms with E-state index in [9.17, 15) is 9.59 Å². The number of aliphatic imine (C=N–C) groups is 2. The van der Waals surface area contributed by atoms with Crippen molar-refractivity contribution in [3.8, 4) is 11.3 Å². The van der Waals surface area contributed by atoms with Gasteiger partial charge >= 0.3 is 5.97 Å². The second-order valence-corrected chi connectivity index (χ2v) is 8.18. The predicted molar refractivity (Wildman–Crippen MR) is 120 cm³/mol. The van der Waals surface area contributed by atoms with Gasteiger partial charge in [0.1, 0.15) is 18.2 Å². The Morgan fingerprint density at radius 3 is 2.63 bits per heavy atom. The third-order valence-corrected chi connectivity index (χ3v) is 6.09. The highest BCUT2D eigenvalue weighted by Crippen LogP contribution is 2.41. The van der Waals surface area contributed by atoms with Gasteiger partial charge in [-0.05, 0) is 37.1 Å². The number of aliphatic carboxylic acids is 1. The fourth-order valence-corrected chi connectivity index (χ4v) is 4.65. The number of carbonyl (C=O) groups excluding carboxylic acids is 1. The van der Waals surface area contributed by atoms with E-state index in [2.05, 4.69) is 28.6 Å². The van der Waals surface area contributed by atoms with E-state index in [0.717, 1.165) is 52.8 Å². The van der Waals surface area contributed by atoms with E-state index in [1.54, 1.807) is 0 Å². The number of amidine groups is 2. The van der Waals surface area contributed by atoms with E-state index in [1.807, 2.05) is 29.4 Å². The van der Waals surface area contributed by atoms with Gasteiger partial charge in [-0.25, -0.2) is 4.99 Å². The number of carbonyl (C=O) groups is 2. The number of thioether (sulfide) groups is 1. The molecule has 0 spiro atoms. The van der Waals surface area contributed by atoms with Crippen molar-refractivity contribution in [3.63, 3.8) is 0 Å². The zero-order chi connectivity index (χ0) is 21.3. The summed E-state index contributed by atoms with van der Waals surface area (Å²) in [6.45, 7) is 3.02. The van der Waals surface area contributed by atoms with Crippen LogP contribution in [-0.4, -0.2) is 50.3 Å². The molecule has 0 saturated heterocycles. The zero-order valence-electron chi connectivity index (χ0n) is 17.1. The highest BCUT2D eigenvalue weighted by atomic mass is 32.2. The topological polar surface area (TPSA) is 87.3 Å². The first-order valence-electron chi connectivity index (χ1n) is 10.0. The van der Waals surface area contributed by atoms with Gasteiger partial charge in [0.05, 0.1) is 11.3 Å². The summed E-state index contributed by atoms with van der Waals surface area (Å²) >= 11 is 1.51. The van der Waals surface area contributed by atoms with Crippen molar-refractivity contribution in [3.05, 3.63) is 41.5 Å². The van der Waals surface area contributed by atoms with Crippen molar-refractivity contribution in [1.29, 1.82) is 0 Å². The molecular weight excluding hydrogens is 400 g/mol. The van der Waals surface area contributed by atoms with Crippen molar-refractivity contribution in [2.24, 2.45) is 9.98 Å². The van der Waals surface area contributed by atoms with Crippen LogP contribution < -0.4 is 0 Å². The molecule has 1 aromatic heterocycles. The van der Waals surface area contributed by atoms with Gasteiger partial charge in [-0.15, -0.1) is 0 Å². The van der Waals surface area contributed by atoms with Gasteiger partial charge in [0.25, 0.3) is 5.91 Å². The molecule has 2 aliphatic rings. The Balaban J connectivity index is 1.79. The van der Waals surface area contributed by atoms with E-state index < -0.39 is 5.97 Å². The van der Waals surface area contributed by atoms with E-state index in [4.69, 9.17) is 10.1 Å². The fourth-order valence-electron chi connectivity index (χ4n) is 4.10. The van der Waals surface area contributed by atoms with Crippen molar-refractivity contribution < 1.29 is 14.7 Å². The Kier molecular flexibility index (Phi) is 5.76. The summed E-state index contributed by atoms with van der Waals surface area (Å²) in [4.78, 5) is 34.0. The average molecular weight is 425 g/mol. The van der Waals surface area contributed by atoms with Crippen LogP contribution in [-0.2, 0) is 16.1 Å². The smallest absolute Gasteiger partial charge is 0.303 e. The summed E-state index contributed by atoms with van der Waals surface area (Å²) in [5.41, 5.74) is 4.14. The van der Waals surface area contributed by atoms with Crippen LogP contribution in [0.15, 0.2) is 40.3 Å². The number of carboxylic acids is 1. The van der Waals surface area contributed by atoms with E-state index >= 15 is 0 Å². The quantitative estimate of drug-likeness (QED) is 0.677. The summed E-state index contributed by atoms with van der Waals surface area (Å²) in [7, 11) is 0. The molecule has 0 fully saturated rings. The second kappa shape index (κ2) is 8.47. The zero-order valence-corrected chi connectivity index (χ0v) is 17.9. The van der Waals surface area contributed by atoms with E-state index in [1.165, 1.54) is 11.8 Å². The minimum absolute atomic E-state index is 0.151. The molecule has 2 aromatic rings. The first kappa shape index (κ1) is 20.4. The van der Waals surface area contributed by atoms with Crippen LogP contribution in [0.4, 0.5) is 5.82 Å². The van der Waals surface area contributed by atoms with Crippen molar-refractivity contribution in [2.75, 3.05) is 12.8 Å². The van der Waals surface area contributed by atoms with Gasteiger partial charge in [-0.1, -0.05) is 48.5 Å². The first-order chi connectivity index (χ1) is 14.5. The fraction of sp³-hybridized carbons (Fsp3) is 0.364. The molecule has 8 heteroatoms. The number of fused-ring (bicyclic) bond motifs is 3. The van der Waals surface area contributed by atoms with Crippen LogP contribution in [0.5, 0.6) is 0 Å². The third kappa shape index (κ3) is 3.67. The number of hydrogen-bond acceptors (Lipinski definition) is 5. The standard InChI is InChI=1S/C22H24N4O3S/c1-14-18-20-23-16(27)13-26(20)22(30-2)24-21(18)25(12-8-4-7-11-17(28)29)19(14)15-9-5-3-6-10-15/h3,5-6,9-10H,4,7-8,11-13H2,1-2H3,(H,28,29). The number of hydrogen-bond donors (Lipinski definition) is 1. The molecule has 0 radical (unpaired) electrons. The molecule has 1 aromatic carbocycles. The monoisotopic (exact) mass is 424 g/mol. The minimum Gasteiger partial charge on any atom is -0.481 e. The molecule has 4 rings (SSSR count). The van der Waals surface area contributed by atoms with E-state index in [0.29, 0.717) is 12.3 Å². The summed E-state index contributed by atoms with van der Waals surface area (Å²) in [5.74, 6) is 0.612. The lowest BCUT2D eigenvalue weighted by Gasteiger charge is -2.25. The number of nitrogens with zero attached hydrogens (tertiary/aromatic N) is 4. The lowest BCUT2D eigenvalue weighted by atomic mass is 10.0. The number of rotatable bonds is 7. The maximum absolute atomic E-state index is 12.1. The molecule has 7 nitrogen and oxygen atoms in total. The average Bonchev–Trinajstić information content (AvgIpc) is 3.24. The second-order valence-electron chi connectivity index (χ2n) is 7.41. The van der Waals surface area contributed by atoms with Crippen molar-refractivity contribution in [1.82, 2.24) is 9.47 Å². The molecule has 0 bridgehead atoms. The van der Waals surface area contributed by atoms with E-state index in [-0.39, 0.29) is 18.9 Å². The van der Waals surface area contributed by atoms with Crippen LogP contribution in [0.3, 0.4) is 0 Å². The van der Waals surface area contributed by atoms with Gasteiger partial charge in [0.2, 0.25) is 0 Å². The highest BCUT2D eigenvalue weighted by Gasteiger charge is 2.37. The van der Waals surface area contributed by atoms with Gasteiger partial charge in [-0.2, -0.15) is 4.99 Å². The summed E-state index contributed by atoms with van der Waals surface area (Å²) in [6.07, 6.45) is 4.49. The Bertz CT molecular complexity index is 1060. The molecule has 0 atom stereocenters. The molecule has 1 amide bonds. The summed E-state index contributed by atoms with van der Waals surface area (Å²) < 4.78 is 2.21. The first-order valence-corrected chi connectivity index (χ1v) is 11.3. The molecule has 156 valence electrons. The summed E-state index contributed by atoms with van der Waals surface area (Å²) in [6, 6.07) is 10.2. The Morgan fingerprint density at radius 2 is 1.93 bits per heavy atom. The van der Waals surface area contributed by atoms with Gasteiger partial charge in [0.15, 0.2) is 5.17 Å². The van der Waals surface area contributed by atoms with Gasteiger partial charge in [0, 0.05) is 13.0 Å². The molecule has 0 aliphatic carbocycles. The number of benzene rings is 1. The normalized spacial score (nSPS) is 15.0. The maximum atomic E-state index is 12.1. The molecule has 30 heavy (non-hydrogen) atoms. The SMILES string of the molecule is CSC1=Nc2c(c(C)c(-c3ccccc3)n2CCCCCC(=O)O)C2=NC(=O)CN12. The lowest BCUT2D eigenvalue weighted by molar-refractivity contribution is -0.137. The van der Waals surface area contributed by atoms with Crippen molar-refractivity contribution in [2.45, 2.75) is 39.2 Å². The number of amides is 1. The molecule has 0 saturated carbocycles. The third-order valence-electron chi connectivity index (χ3n) is 5.42. The van der Waals surface area contributed by atoms with Crippen molar-refractivity contribution >= 4 is 40.5 Å². The Hall–Kier alpha value is -2.87. The molecular formula is C22H24N4O3S. The van der Waals surface area contributed by atoms with Gasteiger partial charge in [-0.3, -0.25) is 14.5 Å². The van der Waals surface area contributed by atoms with Crippen LogP contribution in [0, 0.1) is 6.92 Å². The van der Waals surface area contributed by atoms with Crippen LogP contribution in [0.25, 0.3) is 11.3 Å². The Morgan fingerprint density at radius 1 is 1.17 bits per heavy atom. The summed E-state index contributed by atoms with van der Waals surface area (Å²) in [5, 5.41) is 9.65. The molecule has 0 unspecified atom stereocenters. The Labute approximate surface area is 179 Å². The van der Waals surface area contributed by atoms with Gasteiger partial charge < -0.3 is 9.67 Å². The lowest BCUT2D eigenvalue weighted by Crippen LogP contribution is -2.36. The van der Waals surface area contributed by atoms with Crippen LogP contribution in [0.2, 0.25) is 0 Å². The molecule has 3 heterocycles. The highest BCUT2D eigenvalue weighted by molar-refractivity contribution is 8.13. The maximum Gasteiger partial charge on any atom is 0.303 e. The molecule has 2 aliphatic heterocycles.